The van der Waals surface area contributed by atoms with Gasteiger partial charge in [-0.25, -0.2) is 0 Å². The van der Waals surface area contributed by atoms with E-state index in [9.17, 15) is 4.79 Å². The Labute approximate surface area is 140 Å². The minimum absolute atomic E-state index is 0.167. The number of benzene rings is 2. The van der Waals surface area contributed by atoms with Gasteiger partial charge in [-0.1, -0.05) is 48.0 Å². The van der Waals surface area contributed by atoms with E-state index in [1.54, 1.807) is 0 Å². The van der Waals surface area contributed by atoms with Crippen LogP contribution in [0.1, 0.15) is 28.4 Å². The van der Waals surface area contributed by atoms with E-state index in [4.69, 9.17) is 0 Å². The van der Waals surface area contributed by atoms with Gasteiger partial charge in [0.1, 0.15) is 0 Å². The maximum absolute atomic E-state index is 12.8. The zero-order chi connectivity index (χ0) is 16.9. The first kappa shape index (κ1) is 15.9. The van der Waals surface area contributed by atoms with Crippen LogP contribution in [0.4, 0.5) is 5.69 Å². The molecule has 0 bridgehead atoms. The molecule has 24 heavy (non-hydrogen) atoms. The number of anilines is 1. The van der Waals surface area contributed by atoms with Crippen LogP contribution in [-0.4, -0.2) is 21.4 Å². The molecule has 1 N–H and O–H groups in total. The van der Waals surface area contributed by atoms with E-state index in [2.05, 4.69) is 25.9 Å². The normalized spacial score (nSPS) is 11.9. The molecule has 0 unspecified atom stereocenters. The fraction of sp³-hybridized carbons (Fsp3) is 0.222. The van der Waals surface area contributed by atoms with E-state index in [0.717, 1.165) is 16.8 Å². The Morgan fingerprint density at radius 1 is 1.12 bits per heavy atom. The molecule has 1 amide bonds. The third kappa shape index (κ3) is 3.65. The molecule has 3 aromatic rings. The third-order valence-corrected chi connectivity index (χ3v) is 3.93. The predicted octanol–water partition coefficient (Wildman–Crippen LogP) is 2.41. The minimum Gasteiger partial charge on any atom is -0.335 e. The largest absolute Gasteiger partial charge is 0.335 e. The van der Waals surface area contributed by atoms with Crippen molar-refractivity contribution in [3.63, 3.8) is 0 Å². The van der Waals surface area contributed by atoms with Gasteiger partial charge in [0.05, 0.1) is 5.92 Å². The first-order chi connectivity index (χ1) is 11.6. The summed E-state index contributed by atoms with van der Waals surface area (Å²) in [5, 5.41) is 17.7. The monoisotopic (exact) mass is 320 g/mol. The van der Waals surface area contributed by atoms with E-state index in [1.807, 2.05) is 62.4 Å². The molecule has 0 spiro atoms. The van der Waals surface area contributed by atoms with Gasteiger partial charge in [-0.3, -0.25) is 15.1 Å². The number of hydrogen-bond donors (Lipinski definition) is 1. The summed E-state index contributed by atoms with van der Waals surface area (Å²) in [5.41, 5.74) is 3.99. The molecule has 6 nitrogen and oxygen atoms in total. The Balaban J connectivity index is 1.83. The van der Waals surface area contributed by atoms with Gasteiger partial charge >= 0.3 is 0 Å². The van der Waals surface area contributed by atoms with Gasteiger partial charge in [0.2, 0.25) is 5.91 Å². The van der Waals surface area contributed by atoms with E-state index in [1.165, 1.54) is 5.56 Å². The third-order valence-electron chi connectivity index (χ3n) is 3.93. The topological polar surface area (TPSA) is 81.9 Å². The maximum Gasteiger partial charge on any atom is 0.232 e. The van der Waals surface area contributed by atoms with Crippen molar-refractivity contribution in [3.8, 4) is 0 Å². The van der Waals surface area contributed by atoms with Gasteiger partial charge in [0, 0.05) is 11.5 Å². The lowest BCUT2D eigenvalue weighted by Gasteiger charge is -2.18. The molecule has 6 heteroatoms. The van der Waals surface area contributed by atoms with E-state index >= 15 is 0 Å². The number of carbonyl (C=O) groups excluding carboxylic acids is 1. The number of hydrogen-bond acceptors (Lipinski definition) is 4. The van der Waals surface area contributed by atoms with E-state index < -0.39 is 5.92 Å². The van der Waals surface area contributed by atoms with Crippen LogP contribution in [0, 0.1) is 13.8 Å². The number of nitrogens with one attached hydrogen (secondary N) is 1. The number of nitrogens with zero attached hydrogens (tertiary/aromatic N) is 4. The highest BCUT2D eigenvalue weighted by Gasteiger charge is 2.21. The standard InChI is InChI=1S/C18H19N5O/c1-12-7-9-14(10-8-12)11-15(17-20-22-23-21-17)18(24)19-16-6-4-3-5-13(16)2/h3-10,15H,11H2,1-2H3,(H2,19,20,21,22,23,24)/p-1/t15-/m1/s1. The molecule has 1 aromatic heterocycles. The quantitative estimate of drug-likeness (QED) is 0.780. The Hall–Kier alpha value is -3.02. The molecule has 2 aromatic carbocycles. The average Bonchev–Trinajstić information content (AvgIpc) is 3.10. The Kier molecular flexibility index (Phi) is 4.65. The van der Waals surface area contributed by atoms with Gasteiger partial charge in [-0.2, -0.15) is 5.21 Å². The second kappa shape index (κ2) is 7.04. The molecular formula is C18H18N5O-. The highest BCUT2D eigenvalue weighted by atomic mass is 16.1. The number of tetrazole rings is 1. The lowest BCUT2D eigenvalue weighted by Crippen LogP contribution is -2.25. The summed E-state index contributed by atoms with van der Waals surface area (Å²) in [7, 11) is 0. The molecule has 0 saturated carbocycles. The maximum atomic E-state index is 12.8. The fourth-order valence-corrected chi connectivity index (χ4v) is 2.49. The summed E-state index contributed by atoms with van der Waals surface area (Å²) in [4.78, 5) is 12.8. The summed E-state index contributed by atoms with van der Waals surface area (Å²) in [6.45, 7) is 3.98. The molecule has 0 saturated heterocycles. The highest BCUT2D eigenvalue weighted by molar-refractivity contribution is 5.96. The fourth-order valence-electron chi connectivity index (χ4n) is 2.49. The number of aryl methyl sites for hydroxylation is 2. The average molecular weight is 320 g/mol. The lowest BCUT2D eigenvalue weighted by atomic mass is 9.97. The number of aromatic nitrogens is 4. The van der Waals surface area contributed by atoms with Crippen LogP contribution in [0.3, 0.4) is 0 Å². The Morgan fingerprint density at radius 3 is 2.54 bits per heavy atom. The second-order valence-corrected chi connectivity index (χ2v) is 5.78. The molecule has 0 aliphatic heterocycles. The molecule has 3 rings (SSSR count). The summed E-state index contributed by atoms with van der Waals surface area (Å²) in [6.07, 6.45) is 0.491. The van der Waals surface area contributed by atoms with Crippen molar-refractivity contribution >= 4 is 11.6 Å². The van der Waals surface area contributed by atoms with Crippen LogP contribution in [0.2, 0.25) is 0 Å². The van der Waals surface area contributed by atoms with Gasteiger partial charge in [0.25, 0.3) is 0 Å². The summed E-state index contributed by atoms with van der Waals surface area (Å²) in [6, 6.07) is 15.7. The molecule has 0 fully saturated rings. The SMILES string of the molecule is Cc1ccc(C[C@@H](C(=O)Nc2ccccc2C)c2nnn[n-]2)cc1. The summed E-state index contributed by atoms with van der Waals surface area (Å²) < 4.78 is 0. The number of amides is 1. The van der Waals surface area contributed by atoms with E-state index in [0.29, 0.717) is 12.2 Å². The zero-order valence-electron chi connectivity index (χ0n) is 13.6. The molecule has 0 aliphatic rings. The van der Waals surface area contributed by atoms with Crippen LogP contribution in [0.5, 0.6) is 0 Å². The van der Waals surface area contributed by atoms with Crippen LogP contribution >= 0.6 is 0 Å². The van der Waals surface area contributed by atoms with Crippen molar-refractivity contribution < 1.29 is 4.79 Å². The van der Waals surface area contributed by atoms with Crippen molar-refractivity contribution in [2.45, 2.75) is 26.2 Å². The number of para-hydroxylation sites is 1. The zero-order valence-corrected chi connectivity index (χ0v) is 13.6. The van der Waals surface area contributed by atoms with Crippen molar-refractivity contribution in [1.82, 2.24) is 20.6 Å². The second-order valence-electron chi connectivity index (χ2n) is 5.78. The molecule has 1 heterocycles. The lowest BCUT2D eigenvalue weighted by molar-refractivity contribution is -0.117. The van der Waals surface area contributed by atoms with E-state index in [-0.39, 0.29) is 5.91 Å². The van der Waals surface area contributed by atoms with Crippen LogP contribution < -0.4 is 10.4 Å². The van der Waals surface area contributed by atoms with Crippen LogP contribution in [0.15, 0.2) is 48.5 Å². The predicted molar refractivity (Wildman–Crippen MR) is 90.6 cm³/mol. The highest BCUT2D eigenvalue weighted by Crippen LogP contribution is 2.21. The number of rotatable bonds is 5. The molecule has 0 radical (unpaired) electrons. The summed E-state index contributed by atoms with van der Waals surface area (Å²) >= 11 is 0. The summed E-state index contributed by atoms with van der Waals surface area (Å²) in [5.74, 6) is -0.372. The molecule has 1 atom stereocenters. The van der Waals surface area contributed by atoms with Crippen molar-refractivity contribution in [2.75, 3.05) is 5.32 Å². The number of carbonyl (C=O) groups is 1. The molecule has 122 valence electrons. The first-order valence-electron chi connectivity index (χ1n) is 7.74. The van der Waals surface area contributed by atoms with Gasteiger partial charge in [0.15, 0.2) is 0 Å². The van der Waals surface area contributed by atoms with Crippen LogP contribution in [-0.2, 0) is 11.2 Å². The van der Waals surface area contributed by atoms with Crippen molar-refractivity contribution in [2.24, 2.45) is 0 Å². The molecular weight excluding hydrogens is 302 g/mol. The van der Waals surface area contributed by atoms with Crippen molar-refractivity contribution in [1.29, 1.82) is 0 Å². The Bertz CT molecular complexity index is 812. The van der Waals surface area contributed by atoms with Gasteiger partial charge in [-0.05, 0) is 37.5 Å². The molecule has 0 aliphatic carbocycles. The van der Waals surface area contributed by atoms with Crippen LogP contribution in [0.25, 0.3) is 0 Å². The van der Waals surface area contributed by atoms with Crippen molar-refractivity contribution in [3.05, 3.63) is 71.0 Å². The van der Waals surface area contributed by atoms with Gasteiger partial charge < -0.3 is 10.4 Å². The van der Waals surface area contributed by atoms with Gasteiger partial charge in [-0.15, -0.1) is 0 Å². The Morgan fingerprint density at radius 2 is 1.88 bits per heavy atom. The minimum atomic E-state index is -0.540. The first-order valence-corrected chi connectivity index (χ1v) is 7.74. The smallest absolute Gasteiger partial charge is 0.232 e.